The van der Waals surface area contributed by atoms with Gasteiger partial charge in [0.1, 0.15) is 5.75 Å². The summed E-state index contributed by atoms with van der Waals surface area (Å²) in [5.41, 5.74) is 1.00. The molecule has 0 N–H and O–H groups in total. The van der Waals surface area contributed by atoms with Gasteiger partial charge in [-0.2, -0.15) is 0 Å². The molecule has 2 fully saturated rings. The van der Waals surface area contributed by atoms with Crippen molar-refractivity contribution in [3.8, 4) is 5.75 Å². The van der Waals surface area contributed by atoms with Crippen molar-refractivity contribution in [2.45, 2.75) is 39.3 Å². The molecule has 2 heterocycles. The number of ether oxygens (including phenoxy) is 5. The summed E-state index contributed by atoms with van der Waals surface area (Å²) < 4.78 is 29.0. The van der Waals surface area contributed by atoms with Gasteiger partial charge >= 0.3 is 0 Å². The van der Waals surface area contributed by atoms with Crippen LogP contribution in [-0.4, -0.2) is 39.3 Å². The van der Waals surface area contributed by atoms with Gasteiger partial charge in [0.25, 0.3) is 0 Å². The second-order valence-electron chi connectivity index (χ2n) is 6.45. The second kappa shape index (κ2) is 8.81. The lowest BCUT2D eigenvalue weighted by Gasteiger charge is -2.37. The van der Waals surface area contributed by atoms with Gasteiger partial charge in [-0.1, -0.05) is 25.5 Å². The highest BCUT2D eigenvalue weighted by Gasteiger charge is 2.33. The van der Waals surface area contributed by atoms with E-state index in [9.17, 15) is 0 Å². The summed E-state index contributed by atoms with van der Waals surface area (Å²) in [4.78, 5) is 0. The molecule has 2 saturated heterocycles. The third-order valence-corrected chi connectivity index (χ3v) is 4.46. The molecule has 1 aromatic rings. The first-order valence-electron chi connectivity index (χ1n) is 8.99. The highest BCUT2D eigenvalue weighted by atomic mass is 16.7. The van der Waals surface area contributed by atoms with E-state index in [0.29, 0.717) is 25.7 Å². The van der Waals surface area contributed by atoms with Crippen LogP contribution in [0.4, 0.5) is 0 Å². The Bertz CT molecular complexity index is 473. The van der Waals surface area contributed by atoms with Crippen LogP contribution in [0.25, 0.3) is 0 Å². The molecule has 134 valence electrons. The zero-order valence-electron chi connectivity index (χ0n) is 14.6. The Morgan fingerprint density at radius 2 is 1.58 bits per heavy atom. The van der Waals surface area contributed by atoms with E-state index in [-0.39, 0.29) is 18.5 Å². The van der Waals surface area contributed by atoms with Gasteiger partial charge < -0.3 is 23.7 Å². The van der Waals surface area contributed by atoms with Crippen LogP contribution in [0.15, 0.2) is 24.3 Å². The summed E-state index contributed by atoms with van der Waals surface area (Å²) in [5, 5.41) is 0. The number of benzene rings is 1. The molecule has 0 aliphatic carbocycles. The van der Waals surface area contributed by atoms with Gasteiger partial charge in [0, 0.05) is 11.5 Å². The first-order valence-corrected chi connectivity index (χ1v) is 8.99. The summed E-state index contributed by atoms with van der Waals surface area (Å²) in [6, 6.07) is 7.86. The first kappa shape index (κ1) is 17.7. The van der Waals surface area contributed by atoms with Crippen LogP contribution >= 0.6 is 0 Å². The Morgan fingerprint density at radius 3 is 2.17 bits per heavy atom. The Kier molecular flexibility index (Phi) is 6.49. The van der Waals surface area contributed by atoms with E-state index in [2.05, 4.69) is 6.92 Å². The van der Waals surface area contributed by atoms with Crippen molar-refractivity contribution < 1.29 is 23.7 Å². The topological polar surface area (TPSA) is 46.2 Å². The predicted octanol–water partition coefficient (Wildman–Crippen LogP) is 3.54. The molecule has 0 spiro atoms. The standard InChI is InChI=1S/C19H28O5/c1-3-5-14-10-21-19(22-11-14)16-12-23-18(24-13-16)15-6-8-17(9-7-15)20-4-2/h6-9,14,16,18-19H,3-5,10-13H2,1-2H3/t14-,16-,18-,19-. The van der Waals surface area contributed by atoms with E-state index in [1.165, 1.54) is 6.42 Å². The zero-order chi connectivity index (χ0) is 16.8. The van der Waals surface area contributed by atoms with Crippen LogP contribution in [0.1, 0.15) is 38.5 Å². The summed E-state index contributed by atoms with van der Waals surface area (Å²) in [5.74, 6) is 1.51. The van der Waals surface area contributed by atoms with Crippen molar-refractivity contribution in [1.29, 1.82) is 0 Å². The van der Waals surface area contributed by atoms with Gasteiger partial charge in [-0.05, 0) is 25.5 Å². The van der Waals surface area contributed by atoms with Crippen molar-refractivity contribution in [3.05, 3.63) is 29.8 Å². The van der Waals surface area contributed by atoms with E-state index in [1.807, 2.05) is 31.2 Å². The molecule has 2 aliphatic heterocycles. The molecule has 0 saturated carbocycles. The van der Waals surface area contributed by atoms with Crippen LogP contribution in [-0.2, 0) is 18.9 Å². The summed E-state index contributed by atoms with van der Waals surface area (Å²) in [7, 11) is 0. The molecule has 24 heavy (non-hydrogen) atoms. The maximum Gasteiger partial charge on any atom is 0.183 e. The second-order valence-corrected chi connectivity index (χ2v) is 6.45. The van der Waals surface area contributed by atoms with Crippen molar-refractivity contribution in [2.24, 2.45) is 11.8 Å². The molecule has 5 nitrogen and oxygen atoms in total. The molecule has 1 aromatic carbocycles. The Labute approximate surface area is 144 Å². The van der Waals surface area contributed by atoms with Crippen molar-refractivity contribution in [3.63, 3.8) is 0 Å². The zero-order valence-corrected chi connectivity index (χ0v) is 14.6. The highest BCUT2D eigenvalue weighted by molar-refractivity contribution is 5.28. The maximum absolute atomic E-state index is 5.88. The van der Waals surface area contributed by atoms with E-state index >= 15 is 0 Å². The molecular formula is C19H28O5. The number of hydrogen-bond acceptors (Lipinski definition) is 5. The van der Waals surface area contributed by atoms with Gasteiger partial charge in [0.05, 0.1) is 39.0 Å². The minimum atomic E-state index is -0.326. The quantitative estimate of drug-likeness (QED) is 0.795. The van der Waals surface area contributed by atoms with E-state index < -0.39 is 0 Å². The van der Waals surface area contributed by atoms with E-state index in [1.54, 1.807) is 0 Å². The van der Waals surface area contributed by atoms with Gasteiger partial charge in [-0.3, -0.25) is 0 Å². The lowest BCUT2D eigenvalue weighted by atomic mass is 10.0. The van der Waals surface area contributed by atoms with Crippen LogP contribution < -0.4 is 4.74 Å². The maximum atomic E-state index is 5.88. The minimum Gasteiger partial charge on any atom is -0.494 e. The lowest BCUT2D eigenvalue weighted by molar-refractivity contribution is -0.283. The molecule has 0 bridgehead atoms. The fourth-order valence-corrected chi connectivity index (χ4v) is 3.16. The summed E-state index contributed by atoms with van der Waals surface area (Å²) in [6.07, 6.45) is 1.79. The molecule has 0 aromatic heterocycles. The van der Waals surface area contributed by atoms with Crippen LogP contribution in [0.3, 0.4) is 0 Å². The van der Waals surface area contributed by atoms with Crippen molar-refractivity contribution >= 4 is 0 Å². The number of rotatable bonds is 6. The lowest BCUT2D eigenvalue weighted by Crippen LogP contribution is -2.43. The first-order chi connectivity index (χ1) is 11.8. The molecule has 0 atom stereocenters. The molecule has 2 aliphatic rings. The third-order valence-electron chi connectivity index (χ3n) is 4.46. The SMILES string of the molecule is CCC[C@H]1CO[C@H]([C@H]2CO[C@H](c3ccc(OCC)cc3)OC2)OC1. The third kappa shape index (κ3) is 4.48. The largest absolute Gasteiger partial charge is 0.494 e. The van der Waals surface area contributed by atoms with Crippen molar-refractivity contribution in [1.82, 2.24) is 0 Å². The molecule has 5 heteroatoms. The Hall–Kier alpha value is -1.14. The summed E-state index contributed by atoms with van der Waals surface area (Å²) >= 11 is 0. The van der Waals surface area contributed by atoms with Gasteiger partial charge in [0.15, 0.2) is 12.6 Å². The van der Waals surface area contributed by atoms with E-state index in [4.69, 9.17) is 23.7 Å². The molecular weight excluding hydrogens is 308 g/mol. The average molecular weight is 336 g/mol. The van der Waals surface area contributed by atoms with Crippen LogP contribution in [0.2, 0.25) is 0 Å². The minimum absolute atomic E-state index is 0.131. The Morgan fingerprint density at radius 1 is 0.917 bits per heavy atom. The normalized spacial score (nSPS) is 30.9. The van der Waals surface area contributed by atoms with E-state index in [0.717, 1.165) is 30.9 Å². The highest BCUT2D eigenvalue weighted by Crippen LogP contribution is 2.30. The molecule has 0 radical (unpaired) electrons. The molecule has 0 unspecified atom stereocenters. The van der Waals surface area contributed by atoms with Gasteiger partial charge in [-0.15, -0.1) is 0 Å². The monoisotopic (exact) mass is 336 g/mol. The van der Waals surface area contributed by atoms with Gasteiger partial charge in [0.2, 0.25) is 0 Å². The molecule has 0 amide bonds. The Balaban J connectivity index is 1.45. The van der Waals surface area contributed by atoms with Crippen LogP contribution in [0, 0.1) is 11.8 Å². The molecule has 3 rings (SSSR count). The smallest absolute Gasteiger partial charge is 0.183 e. The number of hydrogen-bond donors (Lipinski definition) is 0. The van der Waals surface area contributed by atoms with Crippen molar-refractivity contribution in [2.75, 3.05) is 33.0 Å². The predicted molar refractivity (Wildman–Crippen MR) is 89.8 cm³/mol. The van der Waals surface area contributed by atoms with Gasteiger partial charge in [-0.25, -0.2) is 0 Å². The summed E-state index contributed by atoms with van der Waals surface area (Å²) in [6.45, 7) is 7.55. The van der Waals surface area contributed by atoms with Crippen LogP contribution in [0.5, 0.6) is 5.75 Å². The fraction of sp³-hybridized carbons (Fsp3) is 0.684. The fourth-order valence-electron chi connectivity index (χ4n) is 3.16. The average Bonchev–Trinajstić information content (AvgIpc) is 2.64.